The minimum atomic E-state index is -0.665. The normalized spacial score (nSPS) is 18.0. The highest BCUT2D eigenvalue weighted by Crippen LogP contribution is 2.37. The monoisotopic (exact) mass is 442 g/mol. The molecule has 0 bridgehead atoms. The molecule has 1 saturated heterocycles. The summed E-state index contributed by atoms with van der Waals surface area (Å²) in [5.41, 5.74) is 3.51. The van der Waals surface area contributed by atoms with Gasteiger partial charge in [-0.15, -0.1) is 0 Å². The Morgan fingerprint density at radius 1 is 1.03 bits per heavy atom. The first-order chi connectivity index (χ1) is 16.1. The second-order valence-electron chi connectivity index (χ2n) is 8.67. The van der Waals surface area contributed by atoms with E-state index in [1.807, 2.05) is 48.2 Å². The van der Waals surface area contributed by atoms with Crippen molar-refractivity contribution in [3.63, 3.8) is 0 Å². The van der Waals surface area contributed by atoms with Gasteiger partial charge in [-0.25, -0.2) is 0 Å². The Labute approximate surface area is 195 Å². The van der Waals surface area contributed by atoms with Gasteiger partial charge in [0.2, 0.25) is 11.8 Å². The number of rotatable bonds is 7. The van der Waals surface area contributed by atoms with E-state index in [9.17, 15) is 9.59 Å². The summed E-state index contributed by atoms with van der Waals surface area (Å²) in [5, 5.41) is 3.05. The van der Waals surface area contributed by atoms with Crippen LogP contribution in [0.5, 0.6) is 0 Å². The molecule has 6 heteroatoms. The van der Waals surface area contributed by atoms with Gasteiger partial charge in [-0.3, -0.25) is 19.6 Å². The lowest BCUT2D eigenvalue weighted by molar-refractivity contribution is -0.141. The van der Waals surface area contributed by atoms with E-state index < -0.39 is 5.41 Å². The van der Waals surface area contributed by atoms with Crippen LogP contribution >= 0.6 is 0 Å². The van der Waals surface area contributed by atoms with Crippen LogP contribution in [-0.4, -0.2) is 46.3 Å². The maximum Gasteiger partial charge on any atom is 0.228 e. The van der Waals surface area contributed by atoms with Crippen molar-refractivity contribution in [2.75, 3.05) is 19.6 Å². The van der Waals surface area contributed by atoms with E-state index in [-0.39, 0.29) is 11.8 Å². The number of hydrogen-bond acceptors (Lipinski definition) is 4. The summed E-state index contributed by atoms with van der Waals surface area (Å²) < 4.78 is 0. The van der Waals surface area contributed by atoms with E-state index in [0.717, 1.165) is 35.1 Å². The number of aromatic nitrogens is 2. The number of hydrogen-bond donors (Lipinski definition) is 1. The molecule has 1 aromatic carbocycles. The van der Waals surface area contributed by atoms with Crippen LogP contribution in [-0.2, 0) is 22.4 Å². The van der Waals surface area contributed by atoms with Crippen molar-refractivity contribution in [2.24, 2.45) is 5.41 Å². The molecule has 33 heavy (non-hydrogen) atoms. The van der Waals surface area contributed by atoms with Crippen molar-refractivity contribution >= 4 is 11.8 Å². The standard InChI is InChI=1S/C27H30N4O2/c1-2-30-26(33)27(18-23-8-3-4-9-24(23)22-10-14-28-15-11-22)12-6-16-31(20-27)25(32)17-21-7-5-13-29-19-21/h3-5,7-11,13-15,19H,2,6,12,16-18,20H2,1H3,(H,30,33)/t27-/m0/s1. The van der Waals surface area contributed by atoms with Gasteiger partial charge < -0.3 is 10.2 Å². The van der Waals surface area contributed by atoms with Gasteiger partial charge in [0.1, 0.15) is 0 Å². The molecule has 0 unspecified atom stereocenters. The second kappa shape index (κ2) is 10.4. The van der Waals surface area contributed by atoms with Gasteiger partial charge in [-0.1, -0.05) is 30.3 Å². The molecule has 0 spiro atoms. The summed E-state index contributed by atoms with van der Waals surface area (Å²) in [6, 6.07) is 15.9. The molecule has 1 N–H and O–H groups in total. The van der Waals surface area contributed by atoms with Crippen LogP contribution in [0.4, 0.5) is 0 Å². The first-order valence-corrected chi connectivity index (χ1v) is 11.5. The predicted octanol–water partition coefficient (Wildman–Crippen LogP) is 3.67. The van der Waals surface area contributed by atoms with Gasteiger partial charge in [0.05, 0.1) is 11.8 Å². The second-order valence-corrected chi connectivity index (χ2v) is 8.67. The summed E-state index contributed by atoms with van der Waals surface area (Å²) in [7, 11) is 0. The first-order valence-electron chi connectivity index (χ1n) is 11.5. The molecule has 1 atom stereocenters. The fourth-order valence-electron chi connectivity index (χ4n) is 4.74. The van der Waals surface area contributed by atoms with Crippen molar-refractivity contribution in [1.29, 1.82) is 0 Å². The molecule has 3 heterocycles. The Morgan fingerprint density at radius 2 is 1.85 bits per heavy atom. The number of benzene rings is 1. The lowest BCUT2D eigenvalue weighted by Crippen LogP contribution is -2.54. The number of pyridine rings is 2. The largest absolute Gasteiger partial charge is 0.356 e. The Morgan fingerprint density at radius 3 is 2.61 bits per heavy atom. The van der Waals surface area contributed by atoms with Crippen LogP contribution in [0.3, 0.4) is 0 Å². The molecule has 2 amide bonds. The predicted molar refractivity (Wildman–Crippen MR) is 128 cm³/mol. The van der Waals surface area contributed by atoms with Crippen LogP contribution in [0.25, 0.3) is 11.1 Å². The summed E-state index contributed by atoms with van der Waals surface area (Å²) in [6.45, 7) is 3.59. The number of piperidine rings is 1. The van der Waals surface area contributed by atoms with E-state index >= 15 is 0 Å². The van der Waals surface area contributed by atoms with E-state index in [0.29, 0.717) is 32.5 Å². The zero-order valence-electron chi connectivity index (χ0n) is 19.0. The van der Waals surface area contributed by atoms with Crippen molar-refractivity contribution in [1.82, 2.24) is 20.2 Å². The van der Waals surface area contributed by atoms with Crippen LogP contribution in [0, 0.1) is 5.41 Å². The zero-order chi connectivity index (χ0) is 23.1. The Balaban J connectivity index is 1.62. The van der Waals surface area contributed by atoms with Crippen molar-refractivity contribution in [3.8, 4) is 11.1 Å². The number of carbonyl (C=O) groups is 2. The van der Waals surface area contributed by atoms with Crippen molar-refractivity contribution in [2.45, 2.75) is 32.6 Å². The SMILES string of the molecule is CCNC(=O)[C@]1(Cc2ccccc2-c2ccncc2)CCCN(C(=O)Cc2cccnc2)C1. The molecule has 1 fully saturated rings. The zero-order valence-corrected chi connectivity index (χ0v) is 19.0. The number of amides is 2. The molecule has 170 valence electrons. The van der Waals surface area contributed by atoms with Crippen molar-refractivity contribution < 1.29 is 9.59 Å². The molecule has 0 aliphatic carbocycles. The number of carbonyl (C=O) groups excluding carboxylic acids is 2. The molecule has 1 aliphatic rings. The van der Waals surface area contributed by atoms with E-state index in [1.165, 1.54) is 0 Å². The fourth-order valence-corrected chi connectivity index (χ4v) is 4.74. The lowest BCUT2D eigenvalue weighted by Gasteiger charge is -2.42. The molecule has 4 rings (SSSR count). The van der Waals surface area contributed by atoms with Crippen LogP contribution in [0.15, 0.2) is 73.3 Å². The summed E-state index contributed by atoms with van der Waals surface area (Å²) in [6.07, 6.45) is 9.42. The highest BCUT2D eigenvalue weighted by atomic mass is 16.2. The third-order valence-corrected chi connectivity index (χ3v) is 6.36. The average Bonchev–Trinajstić information content (AvgIpc) is 2.86. The van der Waals surface area contributed by atoms with Crippen LogP contribution in [0.2, 0.25) is 0 Å². The maximum atomic E-state index is 13.4. The number of likely N-dealkylation sites (tertiary alicyclic amines) is 1. The number of nitrogens with one attached hydrogen (secondary N) is 1. The van der Waals surface area contributed by atoms with Gasteiger partial charge in [-0.2, -0.15) is 0 Å². The third kappa shape index (κ3) is 5.28. The summed E-state index contributed by atoms with van der Waals surface area (Å²) in [5.74, 6) is 0.0622. The highest BCUT2D eigenvalue weighted by molar-refractivity contribution is 5.86. The van der Waals surface area contributed by atoms with Gasteiger partial charge in [0.25, 0.3) is 0 Å². The van der Waals surface area contributed by atoms with E-state index in [4.69, 9.17) is 0 Å². The Bertz CT molecular complexity index is 1090. The maximum absolute atomic E-state index is 13.4. The lowest BCUT2D eigenvalue weighted by atomic mass is 9.73. The average molecular weight is 443 g/mol. The molecule has 3 aromatic rings. The highest BCUT2D eigenvalue weighted by Gasteiger charge is 2.43. The summed E-state index contributed by atoms with van der Waals surface area (Å²) >= 11 is 0. The smallest absolute Gasteiger partial charge is 0.228 e. The van der Waals surface area contributed by atoms with Gasteiger partial charge in [0, 0.05) is 44.4 Å². The van der Waals surface area contributed by atoms with E-state index in [2.05, 4.69) is 27.4 Å². The van der Waals surface area contributed by atoms with E-state index in [1.54, 1.807) is 24.8 Å². The fraction of sp³-hybridized carbons (Fsp3) is 0.333. The molecule has 1 aliphatic heterocycles. The van der Waals surface area contributed by atoms with Crippen LogP contribution < -0.4 is 5.32 Å². The van der Waals surface area contributed by atoms with Gasteiger partial charge in [-0.05, 0) is 66.6 Å². The minimum Gasteiger partial charge on any atom is -0.356 e. The number of nitrogens with zero attached hydrogens (tertiary/aromatic N) is 3. The van der Waals surface area contributed by atoms with Gasteiger partial charge >= 0.3 is 0 Å². The molecule has 2 aromatic heterocycles. The molecule has 0 radical (unpaired) electrons. The molecule has 6 nitrogen and oxygen atoms in total. The van der Waals surface area contributed by atoms with Gasteiger partial charge in [0.15, 0.2) is 0 Å². The Kier molecular flexibility index (Phi) is 7.13. The molecule has 0 saturated carbocycles. The first kappa shape index (κ1) is 22.6. The quantitative estimate of drug-likeness (QED) is 0.606. The van der Waals surface area contributed by atoms with Crippen LogP contribution in [0.1, 0.15) is 30.9 Å². The third-order valence-electron chi connectivity index (χ3n) is 6.36. The molecular weight excluding hydrogens is 412 g/mol. The Hall–Kier alpha value is -3.54. The summed E-state index contributed by atoms with van der Waals surface area (Å²) in [4.78, 5) is 36.7. The minimum absolute atomic E-state index is 0.0217. The molecular formula is C27H30N4O2. The van der Waals surface area contributed by atoms with Crippen molar-refractivity contribution in [3.05, 3.63) is 84.4 Å². The topological polar surface area (TPSA) is 75.2 Å².